The van der Waals surface area contributed by atoms with Crippen molar-refractivity contribution in [1.29, 1.82) is 0 Å². The van der Waals surface area contributed by atoms with Crippen molar-refractivity contribution in [1.82, 2.24) is 5.32 Å². The van der Waals surface area contributed by atoms with Crippen LogP contribution in [0.3, 0.4) is 0 Å². The molecule has 1 heterocycles. The molecule has 1 aliphatic heterocycles. The lowest BCUT2D eigenvalue weighted by molar-refractivity contribution is 0.0770. The van der Waals surface area contributed by atoms with Crippen molar-refractivity contribution in [3.8, 4) is 11.5 Å². The van der Waals surface area contributed by atoms with Gasteiger partial charge in [-0.05, 0) is 43.5 Å². The maximum absolute atomic E-state index is 5.71. The van der Waals surface area contributed by atoms with E-state index in [2.05, 4.69) is 12.2 Å². The monoisotopic (exact) mass is 279 g/mol. The van der Waals surface area contributed by atoms with E-state index in [1.165, 1.54) is 0 Å². The highest BCUT2D eigenvalue weighted by atomic mass is 16.5. The number of nitrogens with one attached hydrogen (secondary N) is 1. The van der Waals surface area contributed by atoms with Crippen LogP contribution in [0, 0.1) is 0 Å². The SMILES string of the molecule is CCCOc1ccc(OCCNC2CCOCC2)cc1. The Morgan fingerprint density at radius 3 is 2.25 bits per heavy atom. The van der Waals surface area contributed by atoms with Crippen molar-refractivity contribution in [2.45, 2.75) is 32.2 Å². The van der Waals surface area contributed by atoms with Gasteiger partial charge in [-0.15, -0.1) is 0 Å². The molecule has 0 unspecified atom stereocenters. The highest BCUT2D eigenvalue weighted by Gasteiger charge is 2.12. The van der Waals surface area contributed by atoms with Crippen LogP contribution in [0.15, 0.2) is 24.3 Å². The molecule has 0 bridgehead atoms. The molecule has 0 amide bonds. The summed E-state index contributed by atoms with van der Waals surface area (Å²) in [6.07, 6.45) is 3.23. The van der Waals surface area contributed by atoms with Gasteiger partial charge in [-0.25, -0.2) is 0 Å². The van der Waals surface area contributed by atoms with Crippen molar-refractivity contribution < 1.29 is 14.2 Å². The summed E-state index contributed by atoms with van der Waals surface area (Å²) in [6, 6.07) is 8.41. The molecule has 0 aromatic heterocycles. The predicted octanol–water partition coefficient (Wildman–Crippen LogP) is 2.62. The summed E-state index contributed by atoms with van der Waals surface area (Å²) in [7, 11) is 0. The lowest BCUT2D eigenvalue weighted by atomic mass is 10.1. The third-order valence-electron chi connectivity index (χ3n) is 3.32. The lowest BCUT2D eigenvalue weighted by Crippen LogP contribution is -2.37. The van der Waals surface area contributed by atoms with Gasteiger partial charge in [0.25, 0.3) is 0 Å². The van der Waals surface area contributed by atoms with Crippen molar-refractivity contribution in [3.05, 3.63) is 24.3 Å². The molecular formula is C16H25NO3. The minimum absolute atomic E-state index is 0.581. The fourth-order valence-corrected chi connectivity index (χ4v) is 2.19. The molecule has 1 saturated heterocycles. The van der Waals surface area contributed by atoms with Crippen LogP contribution in [-0.2, 0) is 4.74 Å². The molecule has 112 valence electrons. The molecule has 0 atom stereocenters. The quantitative estimate of drug-likeness (QED) is 0.743. The Morgan fingerprint density at radius 1 is 1.05 bits per heavy atom. The zero-order chi connectivity index (χ0) is 14.0. The van der Waals surface area contributed by atoms with E-state index in [0.29, 0.717) is 12.6 Å². The Balaban J connectivity index is 1.61. The van der Waals surface area contributed by atoms with Gasteiger partial charge in [0.15, 0.2) is 0 Å². The summed E-state index contributed by atoms with van der Waals surface area (Å²) < 4.78 is 16.6. The predicted molar refractivity (Wildman–Crippen MR) is 79.6 cm³/mol. The van der Waals surface area contributed by atoms with Gasteiger partial charge in [0, 0.05) is 25.8 Å². The molecule has 1 aliphatic rings. The first-order valence-electron chi connectivity index (χ1n) is 7.55. The number of hydrogen-bond acceptors (Lipinski definition) is 4. The summed E-state index contributed by atoms with van der Waals surface area (Å²) >= 11 is 0. The van der Waals surface area contributed by atoms with Crippen molar-refractivity contribution >= 4 is 0 Å². The number of benzene rings is 1. The summed E-state index contributed by atoms with van der Waals surface area (Å²) in [4.78, 5) is 0. The van der Waals surface area contributed by atoms with Gasteiger partial charge in [-0.3, -0.25) is 0 Å². The molecule has 1 N–H and O–H groups in total. The van der Waals surface area contributed by atoms with Crippen LogP contribution in [0.5, 0.6) is 11.5 Å². The van der Waals surface area contributed by atoms with Crippen LogP contribution in [0.1, 0.15) is 26.2 Å². The van der Waals surface area contributed by atoms with Gasteiger partial charge in [0.1, 0.15) is 18.1 Å². The molecule has 1 aromatic rings. The zero-order valence-electron chi connectivity index (χ0n) is 12.3. The average molecular weight is 279 g/mol. The van der Waals surface area contributed by atoms with Gasteiger partial charge in [-0.2, -0.15) is 0 Å². The Kier molecular flexibility index (Phi) is 6.68. The van der Waals surface area contributed by atoms with E-state index in [4.69, 9.17) is 14.2 Å². The van der Waals surface area contributed by atoms with E-state index in [1.54, 1.807) is 0 Å². The largest absolute Gasteiger partial charge is 0.494 e. The first kappa shape index (κ1) is 15.1. The normalized spacial score (nSPS) is 16.1. The Labute approximate surface area is 121 Å². The van der Waals surface area contributed by atoms with Crippen molar-refractivity contribution in [2.75, 3.05) is 33.0 Å². The van der Waals surface area contributed by atoms with E-state index in [-0.39, 0.29) is 0 Å². The van der Waals surface area contributed by atoms with Gasteiger partial charge >= 0.3 is 0 Å². The molecule has 0 saturated carbocycles. The molecule has 4 heteroatoms. The van der Waals surface area contributed by atoms with E-state index in [0.717, 1.165) is 57.1 Å². The standard InChI is InChI=1S/C16H25NO3/c1-2-10-19-15-3-5-16(6-4-15)20-13-9-17-14-7-11-18-12-8-14/h3-6,14,17H,2,7-13H2,1H3. The van der Waals surface area contributed by atoms with Crippen LogP contribution in [0.2, 0.25) is 0 Å². The Bertz CT molecular complexity index is 360. The minimum Gasteiger partial charge on any atom is -0.494 e. The van der Waals surface area contributed by atoms with E-state index in [1.807, 2.05) is 24.3 Å². The van der Waals surface area contributed by atoms with E-state index >= 15 is 0 Å². The Hall–Kier alpha value is -1.26. The van der Waals surface area contributed by atoms with Crippen molar-refractivity contribution in [2.24, 2.45) is 0 Å². The maximum atomic E-state index is 5.71. The summed E-state index contributed by atoms with van der Waals surface area (Å²) in [5.41, 5.74) is 0. The molecule has 1 fully saturated rings. The average Bonchev–Trinajstić information content (AvgIpc) is 2.52. The molecule has 0 aliphatic carbocycles. The third kappa shape index (κ3) is 5.39. The van der Waals surface area contributed by atoms with Crippen LogP contribution >= 0.6 is 0 Å². The van der Waals surface area contributed by atoms with Crippen LogP contribution in [-0.4, -0.2) is 39.0 Å². The van der Waals surface area contributed by atoms with Crippen LogP contribution in [0.25, 0.3) is 0 Å². The minimum atomic E-state index is 0.581. The first-order chi connectivity index (χ1) is 9.88. The van der Waals surface area contributed by atoms with Gasteiger partial charge in [0.2, 0.25) is 0 Å². The highest BCUT2D eigenvalue weighted by Crippen LogP contribution is 2.17. The zero-order valence-corrected chi connectivity index (χ0v) is 12.3. The third-order valence-corrected chi connectivity index (χ3v) is 3.32. The fraction of sp³-hybridized carbons (Fsp3) is 0.625. The van der Waals surface area contributed by atoms with Gasteiger partial charge < -0.3 is 19.5 Å². The highest BCUT2D eigenvalue weighted by molar-refractivity contribution is 5.31. The smallest absolute Gasteiger partial charge is 0.119 e. The summed E-state index contributed by atoms with van der Waals surface area (Å²) in [5.74, 6) is 1.79. The lowest BCUT2D eigenvalue weighted by Gasteiger charge is -2.23. The molecule has 0 spiro atoms. The molecule has 2 rings (SSSR count). The molecule has 20 heavy (non-hydrogen) atoms. The number of ether oxygens (including phenoxy) is 3. The topological polar surface area (TPSA) is 39.7 Å². The van der Waals surface area contributed by atoms with Crippen LogP contribution in [0.4, 0.5) is 0 Å². The summed E-state index contributed by atoms with van der Waals surface area (Å²) in [5, 5.41) is 3.50. The second-order valence-corrected chi connectivity index (χ2v) is 5.01. The molecule has 4 nitrogen and oxygen atoms in total. The molecule has 1 aromatic carbocycles. The number of rotatable bonds is 8. The van der Waals surface area contributed by atoms with E-state index < -0.39 is 0 Å². The Morgan fingerprint density at radius 2 is 1.65 bits per heavy atom. The fourth-order valence-electron chi connectivity index (χ4n) is 2.19. The van der Waals surface area contributed by atoms with Gasteiger partial charge in [-0.1, -0.05) is 6.92 Å². The molecule has 0 radical (unpaired) electrons. The summed E-state index contributed by atoms with van der Waals surface area (Å²) in [6.45, 7) is 6.17. The first-order valence-corrected chi connectivity index (χ1v) is 7.55. The van der Waals surface area contributed by atoms with Crippen molar-refractivity contribution in [3.63, 3.8) is 0 Å². The second kappa shape index (κ2) is 8.82. The van der Waals surface area contributed by atoms with Crippen LogP contribution < -0.4 is 14.8 Å². The molecular weight excluding hydrogens is 254 g/mol. The number of hydrogen-bond donors (Lipinski definition) is 1. The van der Waals surface area contributed by atoms with E-state index in [9.17, 15) is 0 Å². The van der Waals surface area contributed by atoms with Gasteiger partial charge in [0.05, 0.1) is 6.61 Å². The maximum Gasteiger partial charge on any atom is 0.119 e. The second-order valence-electron chi connectivity index (χ2n) is 5.01.